The third-order valence-electron chi connectivity index (χ3n) is 5.13. The SMILES string of the molecule is CCC(C(=O)NCC(C)C)N(CCc1ccccc1)C(=O)CSCc1cccc(C)c1. The Bertz CT molecular complexity index is 823. The van der Waals surface area contributed by atoms with Crippen LogP contribution in [0.2, 0.25) is 0 Å². The highest BCUT2D eigenvalue weighted by molar-refractivity contribution is 7.99. The minimum atomic E-state index is -0.436. The summed E-state index contributed by atoms with van der Waals surface area (Å²) in [7, 11) is 0. The summed E-state index contributed by atoms with van der Waals surface area (Å²) in [5, 5.41) is 3.02. The van der Waals surface area contributed by atoms with Crippen molar-refractivity contribution in [2.45, 2.75) is 52.3 Å². The first-order chi connectivity index (χ1) is 14.9. The Hall–Kier alpha value is -2.27. The molecule has 0 fully saturated rings. The molecule has 31 heavy (non-hydrogen) atoms. The maximum absolute atomic E-state index is 13.2. The van der Waals surface area contributed by atoms with Crippen molar-refractivity contribution in [2.75, 3.05) is 18.8 Å². The number of carbonyl (C=O) groups excluding carboxylic acids is 2. The van der Waals surface area contributed by atoms with Gasteiger partial charge in [-0.2, -0.15) is 0 Å². The highest BCUT2D eigenvalue weighted by Crippen LogP contribution is 2.16. The summed E-state index contributed by atoms with van der Waals surface area (Å²) in [5.74, 6) is 1.51. The van der Waals surface area contributed by atoms with Crippen LogP contribution in [0, 0.1) is 12.8 Å². The topological polar surface area (TPSA) is 49.4 Å². The molecule has 0 radical (unpaired) electrons. The number of carbonyl (C=O) groups is 2. The molecule has 0 heterocycles. The van der Waals surface area contributed by atoms with Gasteiger partial charge in [0.15, 0.2) is 0 Å². The van der Waals surface area contributed by atoms with Crippen molar-refractivity contribution in [3.8, 4) is 0 Å². The van der Waals surface area contributed by atoms with Crippen molar-refractivity contribution in [2.24, 2.45) is 5.92 Å². The van der Waals surface area contributed by atoms with Gasteiger partial charge < -0.3 is 10.2 Å². The highest BCUT2D eigenvalue weighted by Gasteiger charge is 2.28. The van der Waals surface area contributed by atoms with E-state index in [9.17, 15) is 9.59 Å². The van der Waals surface area contributed by atoms with E-state index in [1.807, 2.05) is 31.2 Å². The fourth-order valence-electron chi connectivity index (χ4n) is 3.46. The molecule has 168 valence electrons. The molecule has 2 aromatic carbocycles. The van der Waals surface area contributed by atoms with E-state index in [0.29, 0.717) is 31.2 Å². The van der Waals surface area contributed by atoms with E-state index in [1.54, 1.807) is 16.7 Å². The third-order valence-corrected chi connectivity index (χ3v) is 6.12. The van der Waals surface area contributed by atoms with Gasteiger partial charge in [-0.25, -0.2) is 0 Å². The molecule has 0 aliphatic carbocycles. The van der Waals surface area contributed by atoms with Gasteiger partial charge in [0, 0.05) is 18.8 Å². The predicted molar refractivity (Wildman–Crippen MR) is 131 cm³/mol. The summed E-state index contributed by atoms with van der Waals surface area (Å²) in [6.45, 7) is 9.36. The quantitative estimate of drug-likeness (QED) is 0.513. The van der Waals surface area contributed by atoms with Gasteiger partial charge in [-0.3, -0.25) is 9.59 Å². The smallest absolute Gasteiger partial charge is 0.242 e. The van der Waals surface area contributed by atoms with Crippen LogP contribution in [-0.4, -0.2) is 41.6 Å². The van der Waals surface area contributed by atoms with Crippen LogP contribution >= 0.6 is 11.8 Å². The van der Waals surface area contributed by atoms with Gasteiger partial charge in [0.25, 0.3) is 0 Å². The molecule has 1 N–H and O–H groups in total. The van der Waals surface area contributed by atoms with Gasteiger partial charge >= 0.3 is 0 Å². The Balaban J connectivity index is 2.04. The second-order valence-corrected chi connectivity index (χ2v) is 9.35. The summed E-state index contributed by atoms with van der Waals surface area (Å²) in [6, 6.07) is 18.1. The first-order valence-electron chi connectivity index (χ1n) is 11.1. The molecular formula is C26H36N2O2S. The van der Waals surface area contributed by atoms with Crippen molar-refractivity contribution in [1.29, 1.82) is 0 Å². The van der Waals surface area contributed by atoms with Crippen LogP contribution in [0.3, 0.4) is 0 Å². The molecule has 0 aromatic heterocycles. The van der Waals surface area contributed by atoms with Crippen LogP contribution in [0.15, 0.2) is 54.6 Å². The van der Waals surface area contributed by atoms with Crippen LogP contribution < -0.4 is 5.32 Å². The monoisotopic (exact) mass is 440 g/mol. The lowest BCUT2D eigenvalue weighted by Gasteiger charge is -2.31. The van der Waals surface area contributed by atoms with Crippen LogP contribution in [0.1, 0.15) is 43.9 Å². The van der Waals surface area contributed by atoms with E-state index in [-0.39, 0.29) is 11.8 Å². The number of hydrogen-bond donors (Lipinski definition) is 1. The lowest BCUT2D eigenvalue weighted by Crippen LogP contribution is -2.51. The van der Waals surface area contributed by atoms with Gasteiger partial charge in [0.1, 0.15) is 6.04 Å². The number of thioether (sulfide) groups is 1. The van der Waals surface area contributed by atoms with Crippen LogP contribution in [0.25, 0.3) is 0 Å². The molecule has 0 aliphatic heterocycles. The van der Waals surface area contributed by atoms with Crippen LogP contribution in [0.5, 0.6) is 0 Å². The fraction of sp³-hybridized carbons (Fsp3) is 0.462. The standard InChI is InChI=1S/C26H36N2O2S/c1-5-24(26(30)27-17-20(2)3)28(15-14-22-11-7-6-8-12-22)25(29)19-31-18-23-13-9-10-21(4)16-23/h6-13,16,20,24H,5,14-15,17-19H2,1-4H3,(H,27,30). The average molecular weight is 441 g/mol. The molecule has 5 heteroatoms. The Kier molecular flexibility index (Phi) is 10.6. The van der Waals surface area contributed by atoms with Gasteiger partial charge in [0.2, 0.25) is 11.8 Å². The largest absolute Gasteiger partial charge is 0.354 e. The normalized spacial score (nSPS) is 11.9. The van der Waals surface area contributed by atoms with Crippen molar-refractivity contribution in [1.82, 2.24) is 10.2 Å². The van der Waals surface area contributed by atoms with E-state index in [2.05, 4.69) is 56.4 Å². The van der Waals surface area contributed by atoms with Gasteiger partial charge in [0.05, 0.1) is 5.75 Å². The zero-order valence-electron chi connectivity index (χ0n) is 19.3. The highest BCUT2D eigenvalue weighted by atomic mass is 32.2. The summed E-state index contributed by atoms with van der Waals surface area (Å²) < 4.78 is 0. The maximum atomic E-state index is 13.2. The van der Waals surface area contributed by atoms with Gasteiger partial charge in [-0.05, 0) is 36.8 Å². The molecule has 0 aliphatic rings. The summed E-state index contributed by atoms with van der Waals surface area (Å²) in [4.78, 5) is 27.8. The number of hydrogen-bond acceptors (Lipinski definition) is 3. The van der Waals surface area contributed by atoms with Crippen molar-refractivity contribution in [3.63, 3.8) is 0 Å². The molecule has 0 bridgehead atoms. The Labute approximate surface area is 191 Å². The molecule has 0 saturated heterocycles. The van der Waals surface area contributed by atoms with E-state index in [0.717, 1.165) is 12.2 Å². The number of nitrogens with one attached hydrogen (secondary N) is 1. The average Bonchev–Trinajstić information content (AvgIpc) is 2.75. The fourth-order valence-corrected chi connectivity index (χ4v) is 4.32. The van der Waals surface area contributed by atoms with Gasteiger partial charge in [-0.15, -0.1) is 11.8 Å². The number of benzene rings is 2. The van der Waals surface area contributed by atoms with E-state index < -0.39 is 6.04 Å². The zero-order valence-corrected chi connectivity index (χ0v) is 20.1. The zero-order chi connectivity index (χ0) is 22.6. The van der Waals surface area contributed by atoms with E-state index in [4.69, 9.17) is 0 Å². The predicted octanol–water partition coefficient (Wildman–Crippen LogP) is 4.85. The molecule has 2 aromatic rings. The summed E-state index contributed by atoms with van der Waals surface area (Å²) in [5.41, 5.74) is 3.61. The summed E-state index contributed by atoms with van der Waals surface area (Å²) in [6.07, 6.45) is 1.34. The minimum Gasteiger partial charge on any atom is -0.354 e. The molecule has 0 spiro atoms. The number of rotatable bonds is 12. The molecule has 2 rings (SSSR count). The second kappa shape index (κ2) is 13.2. The van der Waals surface area contributed by atoms with E-state index in [1.165, 1.54) is 16.7 Å². The van der Waals surface area contributed by atoms with Crippen molar-refractivity contribution in [3.05, 3.63) is 71.3 Å². The lowest BCUT2D eigenvalue weighted by atomic mass is 10.1. The number of nitrogens with zero attached hydrogens (tertiary/aromatic N) is 1. The summed E-state index contributed by atoms with van der Waals surface area (Å²) >= 11 is 1.61. The molecule has 0 saturated carbocycles. The Morgan fingerprint density at radius 1 is 1.03 bits per heavy atom. The first-order valence-corrected chi connectivity index (χ1v) is 12.3. The Morgan fingerprint density at radius 3 is 2.39 bits per heavy atom. The van der Waals surface area contributed by atoms with Gasteiger partial charge in [-0.1, -0.05) is 80.9 Å². The molecular weight excluding hydrogens is 404 g/mol. The molecule has 4 nitrogen and oxygen atoms in total. The minimum absolute atomic E-state index is 0.0279. The number of amides is 2. The van der Waals surface area contributed by atoms with Crippen LogP contribution in [0.4, 0.5) is 0 Å². The van der Waals surface area contributed by atoms with E-state index >= 15 is 0 Å². The maximum Gasteiger partial charge on any atom is 0.242 e. The van der Waals surface area contributed by atoms with Crippen LogP contribution in [-0.2, 0) is 21.8 Å². The van der Waals surface area contributed by atoms with Crippen molar-refractivity contribution < 1.29 is 9.59 Å². The molecule has 1 atom stereocenters. The molecule has 2 amide bonds. The number of aryl methyl sites for hydroxylation is 1. The van der Waals surface area contributed by atoms with Crippen molar-refractivity contribution >= 4 is 23.6 Å². The first kappa shape index (κ1) is 25.0. The molecule has 1 unspecified atom stereocenters. The third kappa shape index (κ3) is 8.78. The Morgan fingerprint density at radius 2 is 1.74 bits per heavy atom. The second-order valence-electron chi connectivity index (χ2n) is 8.37. The lowest BCUT2D eigenvalue weighted by molar-refractivity contribution is -0.138.